The molecule has 2 N–H and O–H groups in total. The van der Waals surface area contributed by atoms with E-state index in [1.54, 1.807) is 20.8 Å². The highest BCUT2D eigenvalue weighted by atomic mass is 16.5. The second-order valence-corrected chi connectivity index (χ2v) is 9.06. The number of ether oxygens (including phenoxy) is 1. The van der Waals surface area contributed by atoms with E-state index >= 15 is 0 Å². The topological polar surface area (TPSA) is 109 Å². The number of rotatable bonds is 7. The third-order valence-electron chi connectivity index (χ3n) is 6.31. The number of hydrogen-bond acceptors (Lipinski definition) is 5. The lowest BCUT2D eigenvalue weighted by Crippen LogP contribution is -2.48. The Morgan fingerprint density at radius 1 is 1.15 bits per heavy atom. The molecule has 1 atom stereocenters. The van der Waals surface area contributed by atoms with Crippen LogP contribution in [0.2, 0.25) is 0 Å². The second-order valence-electron chi connectivity index (χ2n) is 9.06. The molecule has 3 heterocycles. The maximum Gasteiger partial charge on any atom is 0.325 e. The van der Waals surface area contributed by atoms with Gasteiger partial charge in [0.15, 0.2) is 0 Å². The number of piperidine rings is 1. The van der Waals surface area contributed by atoms with Crippen LogP contribution in [0.1, 0.15) is 48.7 Å². The fourth-order valence-corrected chi connectivity index (χ4v) is 4.34. The summed E-state index contributed by atoms with van der Waals surface area (Å²) in [6.07, 6.45) is 2.86. The Bertz CT molecular complexity index is 1060. The van der Waals surface area contributed by atoms with E-state index in [4.69, 9.17) is 10.5 Å². The van der Waals surface area contributed by atoms with Crippen LogP contribution in [0, 0.1) is 0 Å². The molecule has 34 heavy (non-hydrogen) atoms. The monoisotopic (exact) mass is 465 g/mol. The van der Waals surface area contributed by atoms with Crippen LogP contribution in [0.25, 0.3) is 0 Å². The fourth-order valence-electron chi connectivity index (χ4n) is 4.34. The highest BCUT2D eigenvalue weighted by Gasteiger charge is 2.33. The molecule has 2 aliphatic rings. The average molecular weight is 466 g/mol. The van der Waals surface area contributed by atoms with Crippen molar-refractivity contribution in [3.8, 4) is 5.75 Å². The van der Waals surface area contributed by atoms with Crippen LogP contribution in [-0.2, 0) is 4.79 Å². The molecule has 0 aliphatic carbocycles. The molecule has 4 amide bonds. The molecule has 1 aromatic heterocycles. The Balaban J connectivity index is 1.33. The van der Waals surface area contributed by atoms with Gasteiger partial charge in [0.25, 0.3) is 5.91 Å². The standard InChI is InChI=1S/C25H31N5O4/c1-17(2)18-5-7-19(8-6-18)30-13-12-29(25(30)33)16-23(31)28-11-3-4-21(15-28)34-20-9-10-27-22(14-20)24(26)32/h5-10,14,17,21H,3-4,11-13,15-16H2,1-2H3,(H2,26,32). The van der Waals surface area contributed by atoms with Crippen LogP contribution in [0.15, 0.2) is 42.6 Å². The third kappa shape index (κ3) is 5.30. The molecule has 2 saturated heterocycles. The summed E-state index contributed by atoms with van der Waals surface area (Å²) in [5.74, 6) is 0.216. The summed E-state index contributed by atoms with van der Waals surface area (Å²) in [7, 11) is 0. The molecule has 2 aliphatic heterocycles. The molecular formula is C25H31N5O4. The molecule has 2 aromatic rings. The van der Waals surface area contributed by atoms with Gasteiger partial charge in [-0.1, -0.05) is 26.0 Å². The van der Waals surface area contributed by atoms with Gasteiger partial charge in [0.05, 0.1) is 6.54 Å². The van der Waals surface area contributed by atoms with Gasteiger partial charge in [0.2, 0.25) is 5.91 Å². The number of pyridine rings is 1. The fraction of sp³-hybridized carbons (Fsp3) is 0.440. The Morgan fingerprint density at radius 3 is 2.62 bits per heavy atom. The number of nitrogens with zero attached hydrogens (tertiary/aromatic N) is 4. The number of amides is 4. The summed E-state index contributed by atoms with van der Waals surface area (Å²) < 4.78 is 5.99. The molecule has 1 unspecified atom stereocenters. The van der Waals surface area contributed by atoms with Crippen LogP contribution in [-0.4, -0.2) is 71.5 Å². The number of anilines is 1. The number of likely N-dealkylation sites (tertiary alicyclic amines) is 1. The van der Waals surface area contributed by atoms with E-state index in [0.717, 1.165) is 18.5 Å². The predicted molar refractivity (Wildman–Crippen MR) is 128 cm³/mol. The number of hydrogen-bond donors (Lipinski definition) is 1. The zero-order chi connectivity index (χ0) is 24.2. The first-order valence-corrected chi connectivity index (χ1v) is 11.7. The average Bonchev–Trinajstić information content (AvgIpc) is 3.19. The molecule has 0 saturated carbocycles. The minimum Gasteiger partial charge on any atom is -0.488 e. The Hall–Kier alpha value is -3.62. The van der Waals surface area contributed by atoms with Gasteiger partial charge in [-0.3, -0.25) is 19.5 Å². The first-order chi connectivity index (χ1) is 16.3. The second kappa shape index (κ2) is 10.1. The molecule has 1 aromatic carbocycles. The van der Waals surface area contributed by atoms with Crippen LogP contribution in [0.5, 0.6) is 5.75 Å². The van der Waals surface area contributed by atoms with E-state index in [2.05, 4.69) is 18.8 Å². The van der Waals surface area contributed by atoms with Crippen molar-refractivity contribution >= 4 is 23.5 Å². The van der Waals surface area contributed by atoms with E-state index in [1.807, 2.05) is 24.3 Å². The van der Waals surface area contributed by atoms with Crippen LogP contribution < -0.4 is 15.4 Å². The lowest BCUT2D eigenvalue weighted by Gasteiger charge is -2.33. The van der Waals surface area contributed by atoms with Gasteiger partial charge in [-0.25, -0.2) is 4.79 Å². The van der Waals surface area contributed by atoms with Crippen LogP contribution in [0.4, 0.5) is 10.5 Å². The highest BCUT2D eigenvalue weighted by Crippen LogP contribution is 2.24. The quantitative estimate of drug-likeness (QED) is 0.676. The molecular weight excluding hydrogens is 434 g/mol. The van der Waals surface area contributed by atoms with E-state index in [1.165, 1.54) is 17.8 Å². The summed E-state index contributed by atoms with van der Waals surface area (Å²) >= 11 is 0. The molecule has 180 valence electrons. The summed E-state index contributed by atoms with van der Waals surface area (Å²) in [6.45, 7) is 6.44. The summed E-state index contributed by atoms with van der Waals surface area (Å²) in [5, 5.41) is 0. The van der Waals surface area contributed by atoms with Crippen molar-refractivity contribution in [1.29, 1.82) is 0 Å². The van der Waals surface area contributed by atoms with Gasteiger partial charge < -0.3 is 20.3 Å². The lowest BCUT2D eigenvalue weighted by atomic mass is 10.0. The number of carbonyl (C=O) groups excluding carboxylic acids is 3. The van der Waals surface area contributed by atoms with Crippen molar-refractivity contribution in [2.45, 2.75) is 38.7 Å². The number of primary amides is 1. The van der Waals surface area contributed by atoms with E-state index in [0.29, 0.717) is 37.8 Å². The Labute approximate surface area is 199 Å². The molecule has 2 fully saturated rings. The van der Waals surface area contributed by atoms with Gasteiger partial charge in [-0.15, -0.1) is 0 Å². The minimum atomic E-state index is -0.619. The van der Waals surface area contributed by atoms with Crippen molar-refractivity contribution in [3.05, 3.63) is 53.9 Å². The Morgan fingerprint density at radius 2 is 1.91 bits per heavy atom. The van der Waals surface area contributed by atoms with Gasteiger partial charge >= 0.3 is 6.03 Å². The van der Waals surface area contributed by atoms with Gasteiger partial charge in [0.1, 0.15) is 24.1 Å². The minimum absolute atomic E-state index is 0.0488. The molecule has 4 rings (SSSR count). The SMILES string of the molecule is CC(C)c1ccc(N2CCN(CC(=O)N3CCCC(Oc4ccnc(C(N)=O)c4)C3)C2=O)cc1. The van der Waals surface area contributed by atoms with Gasteiger partial charge in [-0.2, -0.15) is 0 Å². The Kier molecular flexibility index (Phi) is 7.00. The number of urea groups is 1. The zero-order valence-corrected chi connectivity index (χ0v) is 19.6. The largest absolute Gasteiger partial charge is 0.488 e. The number of carbonyl (C=O) groups is 3. The molecule has 9 nitrogen and oxygen atoms in total. The molecule has 0 bridgehead atoms. The summed E-state index contributed by atoms with van der Waals surface area (Å²) in [6, 6.07) is 11.1. The zero-order valence-electron chi connectivity index (χ0n) is 19.6. The van der Waals surface area contributed by atoms with E-state index < -0.39 is 5.91 Å². The van der Waals surface area contributed by atoms with Crippen LogP contribution in [0.3, 0.4) is 0 Å². The van der Waals surface area contributed by atoms with Crippen molar-refractivity contribution < 1.29 is 19.1 Å². The molecule has 9 heteroatoms. The lowest BCUT2D eigenvalue weighted by molar-refractivity contribution is -0.134. The van der Waals surface area contributed by atoms with Crippen molar-refractivity contribution in [2.75, 3.05) is 37.6 Å². The summed E-state index contributed by atoms with van der Waals surface area (Å²) in [4.78, 5) is 46.3. The van der Waals surface area contributed by atoms with Crippen LogP contribution >= 0.6 is 0 Å². The normalized spacial score (nSPS) is 18.5. The highest BCUT2D eigenvalue weighted by molar-refractivity contribution is 5.96. The summed E-state index contributed by atoms with van der Waals surface area (Å²) in [5.41, 5.74) is 7.50. The van der Waals surface area contributed by atoms with E-state index in [9.17, 15) is 14.4 Å². The maximum atomic E-state index is 13.0. The van der Waals surface area contributed by atoms with E-state index in [-0.39, 0.29) is 30.3 Å². The predicted octanol–water partition coefficient (Wildman–Crippen LogP) is 2.62. The number of aromatic nitrogens is 1. The first-order valence-electron chi connectivity index (χ1n) is 11.7. The van der Waals surface area contributed by atoms with Gasteiger partial charge in [-0.05, 0) is 42.5 Å². The maximum absolute atomic E-state index is 13.0. The van der Waals surface area contributed by atoms with Crippen molar-refractivity contribution in [2.24, 2.45) is 5.73 Å². The molecule has 0 spiro atoms. The smallest absolute Gasteiger partial charge is 0.325 e. The third-order valence-corrected chi connectivity index (χ3v) is 6.31. The van der Waals surface area contributed by atoms with Crippen molar-refractivity contribution in [1.82, 2.24) is 14.8 Å². The number of nitrogens with two attached hydrogens (primary N) is 1. The number of benzene rings is 1. The van der Waals surface area contributed by atoms with Gasteiger partial charge in [0, 0.05) is 37.6 Å². The van der Waals surface area contributed by atoms with Crippen molar-refractivity contribution in [3.63, 3.8) is 0 Å². The molecule has 0 radical (unpaired) electrons. The first kappa shape index (κ1) is 23.5.